The third-order valence-electron chi connectivity index (χ3n) is 5.23. The molecule has 0 aromatic heterocycles. The summed E-state index contributed by atoms with van der Waals surface area (Å²) in [6.45, 7) is 4.80. The molecule has 0 saturated carbocycles. The first kappa shape index (κ1) is 22.8. The number of hydrogen-bond acceptors (Lipinski definition) is 7. The van der Waals surface area contributed by atoms with Crippen molar-refractivity contribution < 1.29 is 28.8 Å². The minimum absolute atomic E-state index is 0.0185. The number of carbonyl (C=O) groups excluding carboxylic acids is 5. The fourth-order valence-electron chi connectivity index (χ4n) is 3.52. The molecule has 0 radical (unpaired) electrons. The average molecular weight is 410 g/mol. The molecule has 4 amide bonds. The lowest BCUT2D eigenvalue weighted by Gasteiger charge is -2.38. The van der Waals surface area contributed by atoms with Crippen molar-refractivity contribution in [3.05, 3.63) is 0 Å². The molecule has 2 atom stereocenters. The molecule has 2 aliphatic rings. The molecule has 0 spiro atoms. The van der Waals surface area contributed by atoms with Crippen LogP contribution in [0.15, 0.2) is 0 Å². The number of likely N-dealkylation sites (tertiary alicyclic amines) is 1. The molecular weight excluding hydrogens is 380 g/mol. The SMILES string of the molecule is CC1CCCC(C)N1CC(=O)NCCC(=O)NCCC(=O)ON1C(=O)CCC1=O. The lowest BCUT2D eigenvalue weighted by atomic mass is 9.97. The Morgan fingerprint density at radius 3 is 2.10 bits per heavy atom. The van der Waals surface area contributed by atoms with Gasteiger partial charge in [-0.3, -0.25) is 24.1 Å². The second-order valence-corrected chi connectivity index (χ2v) is 7.55. The van der Waals surface area contributed by atoms with Crippen molar-refractivity contribution in [3.8, 4) is 0 Å². The van der Waals surface area contributed by atoms with Gasteiger partial charge in [0.2, 0.25) is 11.8 Å². The van der Waals surface area contributed by atoms with Crippen molar-refractivity contribution in [2.24, 2.45) is 0 Å². The van der Waals surface area contributed by atoms with E-state index in [4.69, 9.17) is 4.84 Å². The molecule has 2 rings (SSSR count). The lowest BCUT2D eigenvalue weighted by molar-refractivity contribution is -0.197. The van der Waals surface area contributed by atoms with Gasteiger partial charge in [0.05, 0.1) is 13.0 Å². The van der Waals surface area contributed by atoms with Gasteiger partial charge in [-0.1, -0.05) is 6.42 Å². The van der Waals surface area contributed by atoms with Crippen LogP contribution in [0, 0.1) is 0 Å². The maximum absolute atomic E-state index is 12.1. The van der Waals surface area contributed by atoms with Crippen molar-refractivity contribution in [3.63, 3.8) is 0 Å². The standard InChI is InChI=1S/C19H30N4O6/c1-13-4-3-5-14(2)22(13)12-16(25)21-10-8-15(24)20-11-9-19(28)29-23-17(26)6-7-18(23)27/h13-14H,3-12H2,1-2H3,(H,20,24)(H,21,25). The molecule has 2 heterocycles. The molecule has 0 aliphatic carbocycles. The summed E-state index contributed by atoms with van der Waals surface area (Å²) in [5.41, 5.74) is 0. The maximum Gasteiger partial charge on any atom is 0.334 e. The number of rotatable bonds is 9. The summed E-state index contributed by atoms with van der Waals surface area (Å²) in [7, 11) is 0. The van der Waals surface area contributed by atoms with E-state index < -0.39 is 17.8 Å². The van der Waals surface area contributed by atoms with E-state index >= 15 is 0 Å². The van der Waals surface area contributed by atoms with E-state index in [1.54, 1.807) is 0 Å². The van der Waals surface area contributed by atoms with Crippen LogP contribution in [-0.4, -0.2) is 71.3 Å². The van der Waals surface area contributed by atoms with E-state index in [9.17, 15) is 24.0 Å². The van der Waals surface area contributed by atoms with Crippen molar-refractivity contribution in [1.82, 2.24) is 20.6 Å². The number of imide groups is 1. The molecule has 0 aromatic rings. The van der Waals surface area contributed by atoms with Crippen molar-refractivity contribution >= 4 is 29.6 Å². The number of nitrogens with zero attached hydrogens (tertiary/aromatic N) is 2. The van der Waals surface area contributed by atoms with Gasteiger partial charge in [0, 0.05) is 44.4 Å². The van der Waals surface area contributed by atoms with Crippen LogP contribution in [-0.2, 0) is 28.8 Å². The number of amides is 4. The first-order chi connectivity index (χ1) is 13.8. The fraction of sp³-hybridized carbons (Fsp3) is 0.737. The quantitative estimate of drug-likeness (QED) is 0.507. The van der Waals surface area contributed by atoms with Crippen molar-refractivity contribution in [2.45, 2.75) is 70.9 Å². The molecule has 2 unspecified atom stereocenters. The Balaban J connectivity index is 1.56. The predicted octanol–water partition coefficient (Wildman–Crippen LogP) is -0.131. The molecule has 2 N–H and O–H groups in total. The second-order valence-electron chi connectivity index (χ2n) is 7.55. The smallest absolute Gasteiger partial charge is 0.334 e. The molecule has 2 aliphatic heterocycles. The van der Waals surface area contributed by atoms with E-state index in [1.807, 2.05) is 0 Å². The van der Waals surface area contributed by atoms with Crippen molar-refractivity contribution in [1.29, 1.82) is 0 Å². The Morgan fingerprint density at radius 2 is 1.48 bits per heavy atom. The topological polar surface area (TPSA) is 125 Å². The number of hydrogen-bond donors (Lipinski definition) is 2. The zero-order chi connectivity index (χ0) is 21.4. The first-order valence-corrected chi connectivity index (χ1v) is 10.1. The van der Waals surface area contributed by atoms with E-state index in [2.05, 4.69) is 29.4 Å². The molecule has 2 fully saturated rings. The predicted molar refractivity (Wildman–Crippen MR) is 102 cm³/mol. The highest BCUT2D eigenvalue weighted by Gasteiger charge is 2.32. The zero-order valence-corrected chi connectivity index (χ0v) is 17.1. The van der Waals surface area contributed by atoms with E-state index in [0.717, 1.165) is 12.8 Å². The van der Waals surface area contributed by atoms with Gasteiger partial charge in [0.25, 0.3) is 11.8 Å². The third-order valence-corrected chi connectivity index (χ3v) is 5.23. The fourth-order valence-corrected chi connectivity index (χ4v) is 3.52. The molecule has 29 heavy (non-hydrogen) atoms. The van der Waals surface area contributed by atoms with Gasteiger partial charge in [0.1, 0.15) is 0 Å². The maximum atomic E-state index is 12.1. The number of carbonyl (C=O) groups is 5. The van der Waals surface area contributed by atoms with Gasteiger partial charge in [-0.15, -0.1) is 5.06 Å². The van der Waals surface area contributed by atoms with Crippen LogP contribution >= 0.6 is 0 Å². The summed E-state index contributed by atoms with van der Waals surface area (Å²) in [6.07, 6.45) is 3.34. The number of hydroxylamine groups is 2. The van der Waals surface area contributed by atoms with Crippen LogP contribution < -0.4 is 10.6 Å². The summed E-state index contributed by atoms with van der Waals surface area (Å²) in [5.74, 6) is -2.28. The van der Waals surface area contributed by atoms with Crippen LogP contribution in [0.2, 0.25) is 0 Å². The minimum atomic E-state index is -0.771. The van der Waals surface area contributed by atoms with Gasteiger partial charge in [-0.05, 0) is 26.7 Å². The first-order valence-electron chi connectivity index (χ1n) is 10.1. The van der Waals surface area contributed by atoms with Crippen LogP contribution in [0.4, 0.5) is 0 Å². The Kier molecular flexibility index (Phi) is 8.56. The summed E-state index contributed by atoms with van der Waals surface area (Å²) in [4.78, 5) is 65.1. The minimum Gasteiger partial charge on any atom is -0.355 e. The third kappa shape index (κ3) is 7.12. The molecule has 10 nitrogen and oxygen atoms in total. The van der Waals surface area contributed by atoms with Crippen LogP contribution in [0.1, 0.15) is 58.8 Å². The Labute approximate surface area is 170 Å². The monoisotopic (exact) mass is 410 g/mol. The Bertz CT molecular complexity index is 627. The van der Waals surface area contributed by atoms with Crippen LogP contribution in [0.25, 0.3) is 0 Å². The highest BCUT2D eigenvalue weighted by Crippen LogP contribution is 2.21. The lowest BCUT2D eigenvalue weighted by Crippen LogP contribution is -2.49. The summed E-state index contributed by atoms with van der Waals surface area (Å²) >= 11 is 0. The number of nitrogens with one attached hydrogen (secondary N) is 2. The van der Waals surface area contributed by atoms with E-state index in [1.165, 1.54) is 6.42 Å². The van der Waals surface area contributed by atoms with Gasteiger partial charge < -0.3 is 15.5 Å². The normalized spacial score (nSPS) is 22.5. The largest absolute Gasteiger partial charge is 0.355 e. The Hall–Kier alpha value is -2.49. The van der Waals surface area contributed by atoms with Gasteiger partial charge in [0.15, 0.2) is 0 Å². The Morgan fingerprint density at radius 1 is 0.931 bits per heavy atom. The van der Waals surface area contributed by atoms with Gasteiger partial charge in [-0.2, -0.15) is 0 Å². The molecule has 2 saturated heterocycles. The molecule has 162 valence electrons. The van der Waals surface area contributed by atoms with Gasteiger partial charge >= 0.3 is 5.97 Å². The number of piperidine rings is 1. The highest BCUT2D eigenvalue weighted by atomic mass is 16.7. The van der Waals surface area contributed by atoms with E-state index in [-0.39, 0.29) is 50.6 Å². The summed E-state index contributed by atoms with van der Waals surface area (Å²) in [6, 6.07) is 0.748. The second kappa shape index (κ2) is 10.9. The summed E-state index contributed by atoms with van der Waals surface area (Å²) < 4.78 is 0. The molecular formula is C19H30N4O6. The molecule has 10 heteroatoms. The van der Waals surface area contributed by atoms with Crippen LogP contribution in [0.5, 0.6) is 0 Å². The van der Waals surface area contributed by atoms with Crippen molar-refractivity contribution in [2.75, 3.05) is 19.6 Å². The highest BCUT2D eigenvalue weighted by molar-refractivity contribution is 6.01. The summed E-state index contributed by atoms with van der Waals surface area (Å²) in [5, 5.41) is 5.76. The molecule has 0 aromatic carbocycles. The average Bonchev–Trinajstić information content (AvgIpc) is 2.97. The molecule has 0 bridgehead atoms. The van der Waals surface area contributed by atoms with Crippen LogP contribution in [0.3, 0.4) is 0 Å². The van der Waals surface area contributed by atoms with E-state index in [0.29, 0.717) is 23.7 Å². The zero-order valence-electron chi connectivity index (χ0n) is 17.1. The van der Waals surface area contributed by atoms with Gasteiger partial charge in [-0.25, -0.2) is 4.79 Å².